The second-order valence-electron chi connectivity index (χ2n) is 13.7. The summed E-state index contributed by atoms with van der Waals surface area (Å²) in [6.45, 7) is 12.4. The van der Waals surface area contributed by atoms with E-state index in [0.717, 1.165) is 46.2 Å². The second-order valence-corrected chi connectivity index (χ2v) is 13.7. The Bertz CT molecular complexity index is 2500. The maximum atomic E-state index is 7.80. The molecule has 1 unspecified atom stereocenters. The van der Waals surface area contributed by atoms with Crippen LogP contribution in [0.4, 0.5) is 5.69 Å². The van der Waals surface area contributed by atoms with Crippen LogP contribution in [0, 0.1) is 6.57 Å². The Labute approximate surface area is 300 Å². The standard InChI is InChI=1S/C49H37NO/c1-4-48(5-2)44-32-39(50-3)28-29-42(44)45-40-18-12-13-19-41(40)47-43(46(45)48)30-31-49(51-47,37-16-10-7-11-17-37)38-26-24-36(25-27-38)35-22-20-34(21-23-35)33-14-8-6-9-15-33/h6-32H,4-5H2,1-2H3. The molecule has 7 aromatic rings. The number of fused-ring (bicyclic) bond motifs is 8. The van der Waals surface area contributed by atoms with Gasteiger partial charge in [0, 0.05) is 27.5 Å². The lowest BCUT2D eigenvalue weighted by molar-refractivity contribution is 0.163. The average Bonchev–Trinajstić information content (AvgIpc) is 3.51. The van der Waals surface area contributed by atoms with Gasteiger partial charge in [-0.05, 0) is 68.8 Å². The van der Waals surface area contributed by atoms with Crippen molar-refractivity contribution in [2.24, 2.45) is 0 Å². The highest BCUT2D eigenvalue weighted by molar-refractivity contribution is 6.08. The molecule has 1 heterocycles. The fourth-order valence-corrected chi connectivity index (χ4v) is 8.76. The molecule has 0 bridgehead atoms. The molecule has 0 radical (unpaired) electrons. The molecule has 0 amide bonds. The lowest BCUT2D eigenvalue weighted by atomic mass is 9.71. The van der Waals surface area contributed by atoms with Gasteiger partial charge in [-0.15, -0.1) is 0 Å². The lowest BCUT2D eigenvalue weighted by Crippen LogP contribution is -2.35. The summed E-state index contributed by atoms with van der Waals surface area (Å²) in [5, 5.41) is 2.30. The monoisotopic (exact) mass is 655 g/mol. The van der Waals surface area contributed by atoms with Gasteiger partial charge in [-0.1, -0.05) is 172 Å². The van der Waals surface area contributed by atoms with E-state index in [-0.39, 0.29) is 5.41 Å². The normalized spacial score (nSPS) is 16.5. The van der Waals surface area contributed by atoms with Crippen molar-refractivity contribution in [2.45, 2.75) is 37.7 Å². The average molecular weight is 656 g/mol. The van der Waals surface area contributed by atoms with Crippen molar-refractivity contribution in [1.82, 2.24) is 0 Å². The highest BCUT2D eigenvalue weighted by Gasteiger charge is 2.46. The Morgan fingerprint density at radius 2 is 1.14 bits per heavy atom. The zero-order valence-electron chi connectivity index (χ0n) is 28.9. The summed E-state index contributed by atoms with van der Waals surface area (Å²) >= 11 is 0. The molecule has 9 rings (SSSR count). The van der Waals surface area contributed by atoms with Gasteiger partial charge in [0.1, 0.15) is 5.75 Å². The topological polar surface area (TPSA) is 13.6 Å². The van der Waals surface area contributed by atoms with Gasteiger partial charge in [-0.3, -0.25) is 0 Å². The van der Waals surface area contributed by atoms with Crippen LogP contribution in [0.1, 0.15) is 54.5 Å². The van der Waals surface area contributed by atoms with E-state index in [0.29, 0.717) is 5.69 Å². The third-order valence-electron chi connectivity index (χ3n) is 11.4. The molecule has 1 aliphatic heterocycles. The SMILES string of the molecule is [C-]#[N+]c1ccc2c(c1)C(CC)(CC)c1c3c(c4ccccc4c1-2)OC(c1ccccc1)(c1ccc(-c2ccc(-c4ccccc4)cc2)cc1)C=C3. The fourth-order valence-electron chi connectivity index (χ4n) is 8.76. The predicted octanol–water partition coefficient (Wildman–Crippen LogP) is 13.2. The van der Waals surface area contributed by atoms with Crippen molar-refractivity contribution >= 4 is 22.5 Å². The molecule has 244 valence electrons. The van der Waals surface area contributed by atoms with E-state index in [1.165, 1.54) is 44.3 Å². The summed E-state index contributed by atoms with van der Waals surface area (Å²) in [4.78, 5) is 3.83. The van der Waals surface area contributed by atoms with Gasteiger partial charge in [-0.2, -0.15) is 0 Å². The van der Waals surface area contributed by atoms with Crippen LogP contribution >= 0.6 is 0 Å². The molecule has 0 N–H and O–H groups in total. The Balaban J connectivity index is 1.21. The molecule has 0 aromatic heterocycles. The number of rotatable bonds is 6. The van der Waals surface area contributed by atoms with Gasteiger partial charge in [-0.25, -0.2) is 4.85 Å². The molecule has 0 saturated carbocycles. The fraction of sp³-hybridized carbons (Fsp3) is 0.122. The lowest BCUT2D eigenvalue weighted by Gasteiger charge is -2.39. The maximum Gasteiger partial charge on any atom is 0.187 e. The summed E-state index contributed by atoms with van der Waals surface area (Å²) in [5.41, 5.74) is 12.8. The molecule has 1 atom stereocenters. The van der Waals surface area contributed by atoms with Crippen molar-refractivity contribution in [1.29, 1.82) is 0 Å². The largest absolute Gasteiger partial charge is 0.472 e. The Morgan fingerprint density at radius 1 is 0.588 bits per heavy atom. The van der Waals surface area contributed by atoms with E-state index in [4.69, 9.17) is 11.3 Å². The third-order valence-corrected chi connectivity index (χ3v) is 11.4. The first-order valence-electron chi connectivity index (χ1n) is 17.9. The van der Waals surface area contributed by atoms with Gasteiger partial charge >= 0.3 is 0 Å². The van der Waals surface area contributed by atoms with Gasteiger partial charge in [0.15, 0.2) is 11.3 Å². The minimum atomic E-state index is -0.829. The van der Waals surface area contributed by atoms with E-state index in [2.05, 4.69) is 176 Å². The van der Waals surface area contributed by atoms with Crippen molar-refractivity contribution in [3.63, 3.8) is 0 Å². The van der Waals surface area contributed by atoms with E-state index in [9.17, 15) is 0 Å². The van der Waals surface area contributed by atoms with Crippen LogP contribution in [0.3, 0.4) is 0 Å². The van der Waals surface area contributed by atoms with Gasteiger partial charge < -0.3 is 4.74 Å². The van der Waals surface area contributed by atoms with Crippen molar-refractivity contribution < 1.29 is 4.74 Å². The summed E-state index contributed by atoms with van der Waals surface area (Å²) in [7, 11) is 0. The van der Waals surface area contributed by atoms with E-state index < -0.39 is 5.60 Å². The van der Waals surface area contributed by atoms with Crippen molar-refractivity contribution in [3.05, 3.63) is 197 Å². The molecule has 0 fully saturated rings. The number of hydrogen-bond donors (Lipinski definition) is 0. The Kier molecular flexibility index (Phi) is 7.26. The minimum absolute atomic E-state index is 0.225. The van der Waals surface area contributed by atoms with Gasteiger partial charge in [0.05, 0.1) is 6.57 Å². The van der Waals surface area contributed by atoms with Crippen molar-refractivity contribution in [3.8, 4) is 39.1 Å². The summed E-state index contributed by atoms with van der Waals surface area (Å²) in [5.74, 6) is 0.917. The van der Waals surface area contributed by atoms with E-state index >= 15 is 0 Å². The molecule has 1 aliphatic carbocycles. The zero-order valence-corrected chi connectivity index (χ0v) is 28.9. The predicted molar refractivity (Wildman–Crippen MR) is 211 cm³/mol. The first-order chi connectivity index (χ1) is 25.1. The highest BCUT2D eigenvalue weighted by Crippen LogP contribution is 2.60. The molecule has 0 saturated heterocycles. The van der Waals surface area contributed by atoms with Gasteiger partial charge in [0.2, 0.25) is 0 Å². The maximum absolute atomic E-state index is 7.80. The smallest absolute Gasteiger partial charge is 0.187 e. The first kappa shape index (κ1) is 30.9. The number of ether oxygens (including phenoxy) is 1. The van der Waals surface area contributed by atoms with Crippen LogP contribution in [0.2, 0.25) is 0 Å². The number of nitrogens with zero attached hydrogens (tertiary/aromatic N) is 1. The molecular formula is C49H37NO. The molecule has 7 aromatic carbocycles. The van der Waals surface area contributed by atoms with Gasteiger partial charge in [0.25, 0.3) is 0 Å². The first-order valence-corrected chi connectivity index (χ1v) is 17.9. The van der Waals surface area contributed by atoms with Crippen molar-refractivity contribution in [2.75, 3.05) is 0 Å². The zero-order chi connectivity index (χ0) is 34.6. The number of hydrogen-bond acceptors (Lipinski definition) is 1. The quantitative estimate of drug-likeness (QED) is 0.163. The molecule has 0 spiro atoms. The summed E-state index contributed by atoms with van der Waals surface area (Å²) in [6.07, 6.45) is 6.46. The van der Waals surface area contributed by atoms with Crippen LogP contribution in [0.15, 0.2) is 158 Å². The van der Waals surface area contributed by atoms with E-state index in [1.54, 1.807) is 0 Å². The Hall–Kier alpha value is -6.17. The van der Waals surface area contributed by atoms with Crippen LogP contribution in [0.25, 0.3) is 55.1 Å². The van der Waals surface area contributed by atoms with Crippen LogP contribution in [-0.2, 0) is 11.0 Å². The molecule has 2 nitrogen and oxygen atoms in total. The highest BCUT2D eigenvalue weighted by atomic mass is 16.5. The van der Waals surface area contributed by atoms with E-state index in [1.807, 2.05) is 6.07 Å². The molecular weight excluding hydrogens is 619 g/mol. The summed E-state index contributed by atoms with van der Waals surface area (Å²) in [6, 6.07) is 53.8. The number of benzene rings is 7. The summed E-state index contributed by atoms with van der Waals surface area (Å²) < 4.78 is 7.53. The molecule has 2 heteroatoms. The molecule has 51 heavy (non-hydrogen) atoms. The van der Waals surface area contributed by atoms with Crippen LogP contribution in [0.5, 0.6) is 5.75 Å². The minimum Gasteiger partial charge on any atom is -0.472 e. The van der Waals surface area contributed by atoms with Crippen LogP contribution < -0.4 is 4.74 Å². The second kappa shape index (κ2) is 12.0. The third kappa shape index (κ3) is 4.62. The molecule has 2 aliphatic rings. The van der Waals surface area contributed by atoms with Crippen LogP contribution in [-0.4, -0.2) is 0 Å². The Morgan fingerprint density at radius 3 is 1.76 bits per heavy atom.